The van der Waals surface area contributed by atoms with Crippen LogP contribution in [-0.2, 0) is 14.3 Å². The van der Waals surface area contributed by atoms with E-state index in [9.17, 15) is 9.59 Å². The smallest absolute Gasteiger partial charge is 0.255 e. The summed E-state index contributed by atoms with van der Waals surface area (Å²) in [5.41, 5.74) is -0.843. The van der Waals surface area contributed by atoms with Gasteiger partial charge in [-0.15, -0.1) is 12.4 Å². The maximum atomic E-state index is 12.6. The normalized spacial score (nSPS) is 16.3. The van der Waals surface area contributed by atoms with E-state index < -0.39 is 5.60 Å². The quantitative estimate of drug-likeness (QED) is 0.809. The number of hydrogen-bond acceptors (Lipinski definition) is 6. The summed E-state index contributed by atoms with van der Waals surface area (Å²) in [7, 11) is 3.13. The first kappa shape index (κ1) is 19.4. The molecule has 1 fully saturated rings. The largest absolute Gasteiger partial charge is 0.368 e. The van der Waals surface area contributed by atoms with E-state index in [0.29, 0.717) is 24.4 Å². The molecule has 1 aliphatic heterocycles. The van der Waals surface area contributed by atoms with Crippen molar-refractivity contribution in [3.8, 4) is 0 Å². The van der Waals surface area contributed by atoms with Gasteiger partial charge >= 0.3 is 0 Å². The van der Waals surface area contributed by atoms with Crippen molar-refractivity contribution in [3.05, 3.63) is 11.8 Å². The monoisotopic (exact) mass is 346 g/mol. The number of carbonyl (C=O) groups is 2. The maximum Gasteiger partial charge on any atom is 0.255 e. The summed E-state index contributed by atoms with van der Waals surface area (Å²) in [4.78, 5) is 26.0. The number of ether oxygens (including phenoxy) is 1. The minimum atomic E-state index is -0.843. The molecule has 0 aliphatic carbocycles. The van der Waals surface area contributed by atoms with Crippen LogP contribution in [0.2, 0.25) is 0 Å². The van der Waals surface area contributed by atoms with Crippen LogP contribution in [0.1, 0.15) is 18.6 Å². The van der Waals surface area contributed by atoms with Crippen LogP contribution >= 0.6 is 12.4 Å². The molecule has 0 saturated carbocycles. The molecule has 1 aliphatic rings. The van der Waals surface area contributed by atoms with Crippen molar-refractivity contribution in [1.29, 1.82) is 0 Å². The van der Waals surface area contributed by atoms with E-state index in [4.69, 9.17) is 9.26 Å². The van der Waals surface area contributed by atoms with E-state index in [1.54, 1.807) is 20.0 Å². The van der Waals surface area contributed by atoms with E-state index in [1.165, 1.54) is 12.0 Å². The van der Waals surface area contributed by atoms with Crippen molar-refractivity contribution < 1.29 is 18.8 Å². The molecular weight excluding hydrogens is 324 g/mol. The average molecular weight is 347 g/mol. The molecule has 0 atom stereocenters. The number of amides is 2. The molecule has 23 heavy (non-hydrogen) atoms. The highest BCUT2D eigenvalue weighted by Crippen LogP contribution is 2.24. The van der Waals surface area contributed by atoms with E-state index in [2.05, 4.69) is 15.8 Å². The maximum absolute atomic E-state index is 12.6. The lowest BCUT2D eigenvalue weighted by Crippen LogP contribution is -2.55. The molecule has 2 rings (SSSR count). The Morgan fingerprint density at radius 3 is 2.65 bits per heavy atom. The number of rotatable bonds is 5. The van der Waals surface area contributed by atoms with E-state index >= 15 is 0 Å². The lowest BCUT2D eigenvalue weighted by molar-refractivity contribution is -0.157. The van der Waals surface area contributed by atoms with Crippen molar-refractivity contribution in [2.75, 3.05) is 39.1 Å². The average Bonchev–Trinajstić information content (AvgIpc) is 2.91. The van der Waals surface area contributed by atoms with Crippen LogP contribution in [-0.4, -0.2) is 61.3 Å². The van der Waals surface area contributed by atoms with Gasteiger partial charge in [-0.3, -0.25) is 9.59 Å². The number of nitrogens with one attached hydrogen (secondary N) is 2. The Morgan fingerprint density at radius 1 is 1.48 bits per heavy atom. The highest BCUT2D eigenvalue weighted by atomic mass is 35.5. The standard InChI is InChI=1S/C14H22N4O4.ClH/c1-10-8-11(17-22-10)16-12(19)9-18(2)13(20)14(21-3)4-6-15-7-5-14;/h8,15H,4-7,9H2,1-3H3,(H,16,17,19);1H. The van der Waals surface area contributed by atoms with Gasteiger partial charge < -0.3 is 24.8 Å². The Labute approximate surface area is 141 Å². The molecule has 9 heteroatoms. The molecular formula is C14H23ClN4O4. The van der Waals surface area contributed by atoms with Gasteiger partial charge in [0.05, 0.1) is 6.54 Å². The summed E-state index contributed by atoms with van der Waals surface area (Å²) >= 11 is 0. The van der Waals surface area contributed by atoms with Gasteiger partial charge in [-0.2, -0.15) is 0 Å². The van der Waals surface area contributed by atoms with Gasteiger partial charge in [0.2, 0.25) is 5.91 Å². The summed E-state index contributed by atoms with van der Waals surface area (Å²) in [5, 5.41) is 9.47. The molecule has 1 aromatic heterocycles. The fraction of sp³-hybridized carbons (Fsp3) is 0.643. The molecule has 0 aromatic carbocycles. The number of likely N-dealkylation sites (N-methyl/N-ethyl adjacent to an activating group) is 1. The second-order valence-corrected chi connectivity index (χ2v) is 5.48. The fourth-order valence-electron chi connectivity index (χ4n) is 2.58. The van der Waals surface area contributed by atoms with Crippen LogP contribution in [0.25, 0.3) is 0 Å². The molecule has 8 nitrogen and oxygen atoms in total. The third-order valence-electron chi connectivity index (χ3n) is 3.81. The third kappa shape index (κ3) is 4.66. The first-order valence-electron chi connectivity index (χ1n) is 7.21. The summed E-state index contributed by atoms with van der Waals surface area (Å²) in [6.07, 6.45) is 1.19. The Balaban J connectivity index is 0.00000264. The molecule has 0 bridgehead atoms. The molecule has 0 unspecified atom stereocenters. The predicted octanol–water partition coefficient (Wildman–Crippen LogP) is 0.570. The van der Waals surface area contributed by atoms with Gasteiger partial charge in [0, 0.05) is 20.2 Å². The van der Waals surface area contributed by atoms with Crippen LogP contribution in [0, 0.1) is 6.92 Å². The topological polar surface area (TPSA) is 96.7 Å². The highest BCUT2D eigenvalue weighted by Gasteiger charge is 2.41. The second-order valence-electron chi connectivity index (χ2n) is 5.48. The fourth-order valence-corrected chi connectivity index (χ4v) is 2.58. The minimum Gasteiger partial charge on any atom is -0.368 e. The minimum absolute atomic E-state index is 0. The van der Waals surface area contributed by atoms with Crippen molar-refractivity contribution in [2.45, 2.75) is 25.4 Å². The number of piperidine rings is 1. The molecule has 2 amide bonds. The summed E-state index contributed by atoms with van der Waals surface area (Å²) < 4.78 is 10.3. The SMILES string of the molecule is COC1(C(=O)N(C)CC(=O)Nc2cc(C)on2)CCNCC1.Cl. The van der Waals surface area contributed by atoms with Crippen LogP contribution in [0.3, 0.4) is 0 Å². The Kier molecular flexibility index (Phi) is 6.99. The predicted molar refractivity (Wildman–Crippen MR) is 86.6 cm³/mol. The summed E-state index contributed by atoms with van der Waals surface area (Å²) in [6.45, 7) is 3.11. The number of nitrogens with zero attached hydrogens (tertiary/aromatic N) is 2. The van der Waals surface area contributed by atoms with Crippen molar-refractivity contribution in [3.63, 3.8) is 0 Å². The highest BCUT2D eigenvalue weighted by molar-refractivity contribution is 5.95. The summed E-state index contributed by atoms with van der Waals surface area (Å²) in [6, 6.07) is 1.61. The van der Waals surface area contributed by atoms with Crippen molar-refractivity contribution in [1.82, 2.24) is 15.4 Å². The van der Waals surface area contributed by atoms with Gasteiger partial charge in [0.15, 0.2) is 5.82 Å². The summed E-state index contributed by atoms with van der Waals surface area (Å²) in [5.74, 6) is 0.437. The molecule has 0 radical (unpaired) electrons. The zero-order valence-corrected chi connectivity index (χ0v) is 14.4. The lowest BCUT2D eigenvalue weighted by atomic mass is 9.90. The number of hydrogen-bond donors (Lipinski definition) is 2. The first-order chi connectivity index (χ1) is 10.5. The second kappa shape index (κ2) is 8.28. The number of anilines is 1. The Bertz CT molecular complexity index is 543. The molecule has 2 N–H and O–H groups in total. The van der Waals surface area contributed by atoms with Crippen LogP contribution in [0.5, 0.6) is 0 Å². The number of carbonyl (C=O) groups excluding carboxylic acids is 2. The number of aromatic nitrogens is 1. The van der Waals surface area contributed by atoms with E-state index in [-0.39, 0.29) is 30.8 Å². The first-order valence-corrected chi connectivity index (χ1v) is 7.21. The van der Waals surface area contributed by atoms with Gasteiger partial charge in [0.25, 0.3) is 5.91 Å². The van der Waals surface area contributed by atoms with Crippen LogP contribution in [0.15, 0.2) is 10.6 Å². The number of aryl methyl sites for hydroxylation is 1. The zero-order chi connectivity index (χ0) is 16.2. The molecule has 2 heterocycles. The van der Waals surface area contributed by atoms with Crippen LogP contribution in [0.4, 0.5) is 5.82 Å². The zero-order valence-electron chi connectivity index (χ0n) is 13.5. The van der Waals surface area contributed by atoms with Gasteiger partial charge in [-0.05, 0) is 32.9 Å². The Morgan fingerprint density at radius 2 is 2.13 bits per heavy atom. The van der Waals surface area contributed by atoms with Crippen molar-refractivity contribution in [2.24, 2.45) is 0 Å². The van der Waals surface area contributed by atoms with E-state index in [1.807, 2.05) is 0 Å². The molecule has 0 spiro atoms. The van der Waals surface area contributed by atoms with Gasteiger partial charge in [0.1, 0.15) is 11.4 Å². The number of halogens is 1. The molecule has 1 aromatic rings. The Hall–Kier alpha value is -1.64. The molecule has 1 saturated heterocycles. The van der Waals surface area contributed by atoms with E-state index in [0.717, 1.165) is 13.1 Å². The van der Waals surface area contributed by atoms with Gasteiger partial charge in [-0.25, -0.2) is 0 Å². The van der Waals surface area contributed by atoms with Crippen LogP contribution < -0.4 is 10.6 Å². The molecule has 130 valence electrons. The number of methoxy groups -OCH3 is 1. The lowest BCUT2D eigenvalue weighted by Gasteiger charge is -2.37. The van der Waals surface area contributed by atoms with Crippen molar-refractivity contribution >= 4 is 30.0 Å². The third-order valence-corrected chi connectivity index (χ3v) is 3.81. The van der Waals surface area contributed by atoms with Gasteiger partial charge in [-0.1, -0.05) is 5.16 Å².